The third-order valence-electron chi connectivity index (χ3n) is 2.74. The van der Waals surface area contributed by atoms with E-state index in [-0.39, 0.29) is 6.10 Å². The van der Waals surface area contributed by atoms with Crippen LogP contribution < -0.4 is 4.74 Å². The van der Waals surface area contributed by atoms with Crippen molar-refractivity contribution in [2.24, 2.45) is 0 Å². The maximum absolute atomic E-state index is 9.20. The molecular formula is C12H14N2O2. The summed E-state index contributed by atoms with van der Waals surface area (Å²) >= 11 is 0. The molecule has 1 aromatic rings. The fourth-order valence-electron chi connectivity index (χ4n) is 1.88. The van der Waals surface area contributed by atoms with Gasteiger partial charge in [-0.3, -0.25) is 4.90 Å². The van der Waals surface area contributed by atoms with E-state index in [1.165, 1.54) is 0 Å². The third kappa shape index (κ3) is 2.16. The van der Waals surface area contributed by atoms with Gasteiger partial charge in [-0.15, -0.1) is 0 Å². The van der Waals surface area contributed by atoms with Crippen LogP contribution in [0.4, 0.5) is 0 Å². The molecule has 0 radical (unpaired) electrons. The number of nitriles is 1. The lowest BCUT2D eigenvalue weighted by Crippen LogP contribution is -2.49. The molecule has 4 heteroatoms. The van der Waals surface area contributed by atoms with Crippen LogP contribution in [-0.2, 0) is 6.54 Å². The molecule has 84 valence electrons. The van der Waals surface area contributed by atoms with Gasteiger partial charge in [-0.25, -0.2) is 0 Å². The van der Waals surface area contributed by atoms with Crippen molar-refractivity contribution in [3.63, 3.8) is 0 Å². The summed E-state index contributed by atoms with van der Waals surface area (Å²) in [4.78, 5) is 2.11. The minimum Gasteiger partial charge on any atom is -0.496 e. The maximum atomic E-state index is 9.20. The van der Waals surface area contributed by atoms with Crippen LogP contribution in [0.25, 0.3) is 0 Å². The van der Waals surface area contributed by atoms with Gasteiger partial charge in [0.25, 0.3) is 0 Å². The number of aliphatic hydroxyl groups excluding tert-OH is 1. The molecule has 4 nitrogen and oxygen atoms in total. The molecule has 0 amide bonds. The number of hydrogen-bond acceptors (Lipinski definition) is 4. The highest BCUT2D eigenvalue weighted by Crippen LogP contribution is 2.23. The fraction of sp³-hybridized carbons (Fsp3) is 0.417. The zero-order valence-electron chi connectivity index (χ0n) is 9.18. The van der Waals surface area contributed by atoms with E-state index >= 15 is 0 Å². The van der Waals surface area contributed by atoms with Crippen LogP contribution >= 0.6 is 0 Å². The van der Waals surface area contributed by atoms with Crippen LogP contribution in [0.5, 0.6) is 5.75 Å². The first kappa shape index (κ1) is 10.9. The minimum absolute atomic E-state index is 0.204. The zero-order chi connectivity index (χ0) is 11.5. The van der Waals surface area contributed by atoms with E-state index in [0.29, 0.717) is 18.7 Å². The number of hydrogen-bond donors (Lipinski definition) is 1. The predicted molar refractivity (Wildman–Crippen MR) is 59.0 cm³/mol. The SMILES string of the molecule is COc1ccc(C#N)cc1CN1CC(O)C1. The van der Waals surface area contributed by atoms with Gasteiger partial charge >= 0.3 is 0 Å². The third-order valence-corrected chi connectivity index (χ3v) is 2.74. The molecule has 0 atom stereocenters. The molecule has 2 rings (SSSR count). The normalized spacial score (nSPS) is 16.6. The van der Waals surface area contributed by atoms with E-state index in [9.17, 15) is 5.11 Å². The first-order chi connectivity index (χ1) is 7.72. The maximum Gasteiger partial charge on any atom is 0.123 e. The van der Waals surface area contributed by atoms with Gasteiger partial charge in [-0.1, -0.05) is 0 Å². The molecular weight excluding hydrogens is 204 g/mol. The van der Waals surface area contributed by atoms with E-state index in [4.69, 9.17) is 10.00 Å². The van der Waals surface area contributed by atoms with Crippen LogP contribution in [0.1, 0.15) is 11.1 Å². The summed E-state index contributed by atoms with van der Waals surface area (Å²) < 4.78 is 5.24. The van der Waals surface area contributed by atoms with E-state index < -0.39 is 0 Å². The van der Waals surface area contributed by atoms with Crippen molar-refractivity contribution >= 4 is 0 Å². The van der Waals surface area contributed by atoms with Crippen molar-refractivity contribution in [2.45, 2.75) is 12.6 Å². The summed E-state index contributed by atoms with van der Waals surface area (Å²) in [6.07, 6.45) is -0.204. The Bertz CT molecular complexity index is 420. The van der Waals surface area contributed by atoms with Gasteiger partial charge in [0.2, 0.25) is 0 Å². The Labute approximate surface area is 94.7 Å². The molecule has 1 aliphatic rings. The predicted octanol–water partition coefficient (Wildman–Crippen LogP) is 0.743. The van der Waals surface area contributed by atoms with Crippen molar-refractivity contribution < 1.29 is 9.84 Å². The number of rotatable bonds is 3. The number of aliphatic hydroxyl groups is 1. The molecule has 1 saturated heterocycles. The molecule has 0 bridgehead atoms. The van der Waals surface area contributed by atoms with Gasteiger partial charge in [0.15, 0.2) is 0 Å². The molecule has 0 spiro atoms. The fourth-order valence-corrected chi connectivity index (χ4v) is 1.88. The molecule has 1 aliphatic heterocycles. The van der Waals surface area contributed by atoms with E-state index in [1.54, 1.807) is 13.2 Å². The van der Waals surface area contributed by atoms with Crippen molar-refractivity contribution in [1.29, 1.82) is 5.26 Å². The Balaban J connectivity index is 2.14. The Morgan fingerprint density at radius 1 is 1.56 bits per heavy atom. The summed E-state index contributed by atoms with van der Waals surface area (Å²) in [6.45, 7) is 2.11. The highest BCUT2D eigenvalue weighted by molar-refractivity contribution is 5.42. The number of methoxy groups -OCH3 is 1. The molecule has 0 saturated carbocycles. The largest absolute Gasteiger partial charge is 0.496 e. The van der Waals surface area contributed by atoms with Crippen LogP contribution in [0.3, 0.4) is 0 Å². The Hall–Kier alpha value is -1.57. The summed E-state index contributed by atoms with van der Waals surface area (Å²) in [7, 11) is 1.62. The van der Waals surface area contributed by atoms with Crippen LogP contribution in [0, 0.1) is 11.3 Å². The Morgan fingerprint density at radius 2 is 2.31 bits per heavy atom. The number of likely N-dealkylation sites (tertiary alicyclic amines) is 1. The standard InChI is InChI=1S/C12H14N2O2/c1-16-12-3-2-9(5-13)4-10(12)6-14-7-11(15)8-14/h2-4,11,15H,6-8H2,1H3. The second kappa shape index (κ2) is 4.52. The summed E-state index contributed by atoms with van der Waals surface area (Å²) in [6, 6.07) is 7.50. The highest BCUT2D eigenvalue weighted by Gasteiger charge is 2.24. The van der Waals surface area contributed by atoms with Crippen molar-refractivity contribution in [2.75, 3.05) is 20.2 Å². The molecule has 0 aliphatic carbocycles. The lowest BCUT2D eigenvalue weighted by Gasteiger charge is -2.36. The van der Waals surface area contributed by atoms with E-state index in [0.717, 1.165) is 17.9 Å². The quantitative estimate of drug-likeness (QED) is 0.813. The number of benzene rings is 1. The van der Waals surface area contributed by atoms with Gasteiger partial charge in [-0.2, -0.15) is 5.26 Å². The first-order valence-corrected chi connectivity index (χ1v) is 5.20. The van der Waals surface area contributed by atoms with Crippen LogP contribution in [0.15, 0.2) is 18.2 Å². The van der Waals surface area contributed by atoms with Gasteiger partial charge in [0.1, 0.15) is 5.75 Å². The first-order valence-electron chi connectivity index (χ1n) is 5.20. The van der Waals surface area contributed by atoms with Gasteiger partial charge in [-0.05, 0) is 18.2 Å². The van der Waals surface area contributed by atoms with Crippen molar-refractivity contribution in [1.82, 2.24) is 4.90 Å². The van der Waals surface area contributed by atoms with Crippen molar-refractivity contribution in [3.05, 3.63) is 29.3 Å². The van der Waals surface area contributed by atoms with E-state index in [1.807, 2.05) is 12.1 Å². The second-order valence-electron chi connectivity index (χ2n) is 3.99. The van der Waals surface area contributed by atoms with Gasteiger partial charge in [0, 0.05) is 25.2 Å². The summed E-state index contributed by atoms with van der Waals surface area (Å²) in [5.41, 5.74) is 1.63. The lowest BCUT2D eigenvalue weighted by molar-refractivity contribution is -0.00321. The number of nitrogens with zero attached hydrogens (tertiary/aromatic N) is 2. The van der Waals surface area contributed by atoms with Gasteiger partial charge < -0.3 is 9.84 Å². The second-order valence-corrected chi connectivity index (χ2v) is 3.99. The summed E-state index contributed by atoms with van der Waals surface area (Å²) in [5.74, 6) is 0.792. The molecule has 1 aromatic carbocycles. The highest BCUT2D eigenvalue weighted by atomic mass is 16.5. The minimum atomic E-state index is -0.204. The van der Waals surface area contributed by atoms with Crippen LogP contribution in [0.2, 0.25) is 0 Å². The average Bonchev–Trinajstić information content (AvgIpc) is 2.27. The average molecular weight is 218 g/mol. The smallest absolute Gasteiger partial charge is 0.123 e. The molecule has 1 heterocycles. The van der Waals surface area contributed by atoms with E-state index in [2.05, 4.69) is 11.0 Å². The zero-order valence-corrected chi connectivity index (χ0v) is 9.18. The molecule has 0 aromatic heterocycles. The number of β-amino-alcohol motifs (C(OH)–C–C–N with tert-alkyl or cyclic N) is 1. The molecule has 16 heavy (non-hydrogen) atoms. The van der Waals surface area contributed by atoms with Gasteiger partial charge in [0.05, 0.1) is 24.8 Å². The summed E-state index contributed by atoms with van der Waals surface area (Å²) in [5, 5.41) is 18.0. The lowest BCUT2D eigenvalue weighted by atomic mass is 10.1. The molecule has 1 fully saturated rings. The molecule has 0 unspecified atom stereocenters. The topological polar surface area (TPSA) is 56.5 Å². The Morgan fingerprint density at radius 3 is 2.88 bits per heavy atom. The molecule has 1 N–H and O–H groups in total. The van der Waals surface area contributed by atoms with Crippen LogP contribution in [-0.4, -0.2) is 36.3 Å². The van der Waals surface area contributed by atoms with Crippen molar-refractivity contribution in [3.8, 4) is 11.8 Å². The number of ether oxygens (including phenoxy) is 1. The Kier molecular flexibility index (Phi) is 3.09. The monoisotopic (exact) mass is 218 g/mol.